The lowest BCUT2D eigenvalue weighted by Gasteiger charge is -2.09. The predicted molar refractivity (Wildman–Crippen MR) is 193 cm³/mol. The van der Waals surface area contributed by atoms with Gasteiger partial charge in [-0.2, -0.15) is 4.37 Å². The van der Waals surface area contributed by atoms with Crippen LogP contribution in [0.15, 0.2) is 36.0 Å². The Hall–Kier alpha value is -4.22. The Morgan fingerprint density at radius 2 is 1.31 bits per heavy atom. The fourth-order valence-corrected chi connectivity index (χ4v) is 6.43. The van der Waals surface area contributed by atoms with Crippen LogP contribution in [-0.4, -0.2) is 101 Å². The third kappa shape index (κ3) is 9.90. The first-order chi connectivity index (χ1) is 22.8. The highest BCUT2D eigenvalue weighted by molar-refractivity contribution is 7.12. The Morgan fingerprint density at radius 3 is 1.90 bits per heavy atom. The maximum absolute atomic E-state index is 13.2. The van der Waals surface area contributed by atoms with Crippen LogP contribution in [0, 0.1) is 0 Å². The lowest BCUT2D eigenvalue weighted by molar-refractivity contribution is 0.0953. The molecule has 4 aromatic heterocycles. The van der Waals surface area contributed by atoms with Crippen LogP contribution in [0.5, 0.6) is 0 Å². The molecule has 4 aromatic rings. The summed E-state index contributed by atoms with van der Waals surface area (Å²) in [5.41, 5.74) is 1.97. The van der Waals surface area contributed by atoms with Crippen molar-refractivity contribution in [3.63, 3.8) is 0 Å². The van der Waals surface area contributed by atoms with Crippen LogP contribution >= 0.6 is 34.5 Å². The van der Waals surface area contributed by atoms with Gasteiger partial charge in [-0.15, -0.1) is 11.3 Å². The monoisotopic (exact) mass is 716 g/mol. The largest absolute Gasteiger partial charge is 0.374 e. The molecule has 0 bridgehead atoms. The Morgan fingerprint density at radius 1 is 0.771 bits per heavy atom. The quantitative estimate of drug-likeness (QED) is 0.107. The normalized spacial score (nSPS) is 11.2. The Bertz CT molecular complexity index is 1760. The maximum Gasteiger partial charge on any atom is 0.277 e. The molecule has 0 aliphatic heterocycles. The molecule has 0 radical (unpaired) electrons. The van der Waals surface area contributed by atoms with E-state index in [0.717, 1.165) is 37.5 Å². The highest BCUT2D eigenvalue weighted by atomic mass is 35.5. The molecule has 0 saturated heterocycles. The summed E-state index contributed by atoms with van der Waals surface area (Å²) in [7, 11) is 11.3. The number of amides is 4. The van der Waals surface area contributed by atoms with Crippen LogP contribution in [0.1, 0.15) is 54.0 Å². The lowest BCUT2D eigenvalue weighted by Crippen LogP contribution is -2.26. The van der Waals surface area contributed by atoms with Crippen LogP contribution in [0.3, 0.4) is 0 Å². The van der Waals surface area contributed by atoms with Crippen LogP contribution in [-0.2, 0) is 14.1 Å². The van der Waals surface area contributed by atoms with Crippen LogP contribution in [0.4, 0.5) is 22.1 Å². The number of aryl methyl sites for hydroxylation is 2. The molecule has 0 aliphatic rings. The van der Waals surface area contributed by atoms with E-state index in [1.807, 2.05) is 28.2 Å². The molecule has 258 valence electrons. The number of hydrogen-bond donors (Lipinski definition) is 5. The molecule has 0 spiro atoms. The van der Waals surface area contributed by atoms with Gasteiger partial charge in [0.1, 0.15) is 21.4 Å². The van der Waals surface area contributed by atoms with E-state index in [2.05, 4.69) is 40.8 Å². The summed E-state index contributed by atoms with van der Waals surface area (Å²) in [4.78, 5) is 56.2. The number of hydrogen-bond acceptors (Lipinski definition) is 10. The summed E-state index contributed by atoms with van der Waals surface area (Å²) >= 11 is 8.79. The summed E-state index contributed by atoms with van der Waals surface area (Å²) in [5, 5.41) is 17.0. The van der Waals surface area contributed by atoms with Crippen molar-refractivity contribution in [2.75, 3.05) is 75.6 Å². The average molecular weight is 717 g/mol. The molecule has 4 heterocycles. The van der Waals surface area contributed by atoms with Gasteiger partial charge in [0, 0.05) is 45.0 Å². The van der Waals surface area contributed by atoms with Gasteiger partial charge in [-0.3, -0.25) is 19.2 Å². The van der Waals surface area contributed by atoms with E-state index in [-0.39, 0.29) is 22.3 Å². The maximum atomic E-state index is 13.2. The third-order valence-corrected chi connectivity index (χ3v) is 9.27. The minimum Gasteiger partial charge on any atom is -0.374 e. The van der Waals surface area contributed by atoms with Crippen molar-refractivity contribution in [3.8, 4) is 0 Å². The molecule has 0 unspecified atom stereocenters. The summed E-state index contributed by atoms with van der Waals surface area (Å²) in [6.45, 7) is 3.04. The lowest BCUT2D eigenvalue weighted by atomic mass is 10.3. The molecule has 17 heteroatoms. The van der Waals surface area contributed by atoms with E-state index in [4.69, 9.17) is 11.6 Å². The predicted octanol–water partition coefficient (Wildman–Crippen LogP) is 4.34. The second-order valence-corrected chi connectivity index (χ2v) is 13.7. The standard InChI is InChI=1S/C31H41ClN10O4S2/c1-39(2)11-7-9-33-29(45)24-15-21(18-47-24)37-28(44)23-13-19(16-41(23)5)35-27(43)22-14-20(17-42(22)6)36-30(46)26-25(32)31(48-38-26)34-10-8-12-40(3)4/h13-18,34H,7-12H2,1-6H3,(H,33,45)(H,35,43)(H,36,46)(H,37,44). The van der Waals surface area contributed by atoms with Gasteiger partial charge in [-0.05, 0) is 83.9 Å². The summed E-state index contributed by atoms with van der Waals surface area (Å²) in [5.74, 6) is -1.52. The first-order valence-electron chi connectivity index (χ1n) is 15.1. The zero-order chi connectivity index (χ0) is 35.0. The molecule has 0 saturated carbocycles. The Labute approximate surface area is 292 Å². The number of nitrogens with one attached hydrogen (secondary N) is 5. The second kappa shape index (κ2) is 16.7. The van der Waals surface area contributed by atoms with Crippen molar-refractivity contribution in [3.05, 3.63) is 63.0 Å². The van der Waals surface area contributed by atoms with Gasteiger partial charge < -0.3 is 45.5 Å². The number of carbonyl (C=O) groups excluding carboxylic acids is 4. The molecular formula is C31H41ClN10O4S2. The number of aromatic nitrogens is 3. The van der Waals surface area contributed by atoms with Gasteiger partial charge in [0.2, 0.25) is 0 Å². The summed E-state index contributed by atoms with van der Waals surface area (Å²) in [6, 6.07) is 4.73. The zero-order valence-corrected chi connectivity index (χ0v) is 30.2. The molecule has 4 amide bonds. The van der Waals surface area contributed by atoms with Crippen LogP contribution < -0.4 is 26.6 Å². The van der Waals surface area contributed by atoms with E-state index < -0.39 is 17.7 Å². The van der Waals surface area contributed by atoms with Crippen molar-refractivity contribution < 1.29 is 19.2 Å². The molecule has 14 nitrogen and oxygen atoms in total. The molecule has 0 fully saturated rings. The molecule has 0 aromatic carbocycles. The van der Waals surface area contributed by atoms with Gasteiger partial charge in [0.15, 0.2) is 5.69 Å². The van der Waals surface area contributed by atoms with Gasteiger partial charge in [0.25, 0.3) is 23.6 Å². The van der Waals surface area contributed by atoms with Crippen molar-refractivity contribution in [1.82, 2.24) is 28.6 Å². The zero-order valence-electron chi connectivity index (χ0n) is 27.8. The highest BCUT2D eigenvalue weighted by Crippen LogP contribution is 2.31. The number of thiophene rings is 1. The number of carbonyl (C=O) groups is 4. The number of rotatable bonds is 16. The third-order valence-electron chi connectivity index (χ3n) is 7.06. The van der Waals surface area contributed by atoms with Gasteiger partial charge in [-0.25, -0.2) is 0 Å². The first kappa shape index (κ1) is 36.6. The van der Waals surface area contributed by atoms with Gasteiger partial charge in [0.05, 0.1) is 21.9 Å². The van der Waals surface area contributed by atoms with E-state index in [9.17, 15) is 19.2 Å². The van der Waals surface area contributed by atoms with Crippen molar-refractivity contribution >= 4 is 80.2 Å². The average Bonchev–Trinajstić information content (AvgIpc) is 3.80. The van der Waals surface area contributed by atoms with Crippen molar-refractivity contribution in [2.24, 2.45) is 14.1 Å². The number of anilines is 4. The van der Waals surface area contributed by atoms with Crippen LogP contribution in [0.2, 0.25) is 5.02 Å². The topological polar surface area (TPSA) is 158 Å². The van der Waals surface area contributed by atoms with Crippen molar-refractivity contribution in [2.45, 2.75) is 12.8 Å². The van der Waals surface area contributed by atoms with Crippen molar-refractivity contribution in [1.29, 1.82) is 0 Å². The minimum absolute atomic E-state index is 0.0966. The van der Waals surface area contributed by atoms with E-state index in [0.29, 0.717) is 45.7 Å². The number of halogens is 1. The van der Waals surface area contributed by atoms with Gasteiger partial charge >= 0.3 is 0 Å². The Balaban J connectivity index is 1.32. The van der Waals surface area contributed by atoms with E-state index in [1.54, 1.807) is 53.1 Å². The van der Waals surface area contributed by atoms with Gasteiger partial charge in [-0.1, -0.05) is 11.6 Å². The first-order valence-corrected chi connectivity index (χ1v) is 17.2. The van der Waals surface area contributed by atoms with E-state index in [1.165, 1.54) is 17.4 Å². The van der Waals surface area contributed by atoms with Crippen LogP contribution in [0.25, 0.3) is 0 Å². The summed E-state index contributed by atoms with van der Waals surface area (Å²) in [6.07, 6.45) is 4.97. The molecule has 4 rings (SSSR count). The number of nitrogens with zero attached hydrogens (tertiary/aromatic N) is 5. The van der Waals surface area contributed by atoms with E-state index >= 15 is 0 Å². The molecular weight excluding hydrogens is 676 g/mol. The smallest absolute Gasteiger partial charge is 0.277 e. The molecule has 5 N–H and O–H groups in total. The molecule has 0 aliphatic carbocycles. The second-order valence-electron chi connectivity index (χ2n) is 11.7. The fourth-order valence-electron chi connectivity index (χ4n) is 4.63. The summed E-state index contributed by atoms with van der Waals surface area (Å²) < 4.78 is 7.38. The molecule has 48 heavy (non-hydrogen) atoms. The molecule has 0 atom stereocenters. The minimum atomic E-state index is -0.493. The fraction of sp³-hybridized carbons (Fsp3) is 0.387. The Kier molecular flexibility index (Phi) is 12.8. The SMILES string of the molecule is CN(C)CCCNC(=O)c1cc(NC(=O)c2cc(NC(=O)c3cc(NC(=O)c4nsc(NCCCN(C)C)c4Cl)cn3C)cn2C)cs1. The highest BCUT2D eigenvalue weighted by Gasteiger charge is 2.21.